The Balaban J connectivity index is 1.55. The maximum absolute atomic E-state index is 15.8. The summed E-state index contributed by atoms with van der Waals surface area (Å²) in [5.41, 5.74) is 1.97. The summed E-state index contributed by atoms with van der Waals surface area (Å²) in [6, 6.07) is 43.3. The number of carbonyl (C=O) groups is 3. The zero-order valence-electron chi connectivity index (χ0n) is 23.9. The van der Waals surface area contributed by atoms with Gasteiger partial charge in [0, 0.05) is 0 Å². The Morgan fingerprint density at radius 3 is 1.29 bits per heavy atom. The van der Waals surface area contributed by atoms with E-state index in [1.54, 1.807) is 18.2 Å². The van der Waals surface area contributed by atoms with Gasteiger partial charge in [0.25, 0.3) is 0 Å². The molecule has 1 saturated carbocycles. The van der Waals surface area contributed by atoms with E-state index in [2.05, 4.69) is 0 Å². The summed E-state index contributed by atoms with van der Waals surface area (Å²) in [6.45, 7) is 0. The molecule has 5 aromatic carbocycles. The van der Waals surface area contributed by atoms with Crippen molar-refractivity contribution in [2.45, 2.75) is 10.8 Å². The fraction of sp³-hybridized carbons (Fsp3) is 0.103. The molecule has 0 aromatic heterocycles. The third kappa shape index (κ3) is 3.52. The molecule has 6 heteroatoms. The van der Waals surface area contributed by atoms with Crippen LogP contribution >= 0.6 is 23.2 Å². The van der Waals surface area contributed by atoms with E-state index in [1.165, 1.54) is 4.90 Å². The van der Waals surface area contributed by atoms with E-state index in [9.17, 15) is 9.59 Å². The molecule has 218 valence electrons. The normalized spacial score (nSPS) is 25.3. The van der Waals surface area contributed by atoms with E-state index in [-0.39, 0.29) is 10.8 Å². The van der Waals surface area contributed by atoms with Crippen molar-refractivity contribution in [3.8, 4) is 0 Å². The van der Waals surface area contributed by atoms with Crippen LogP contribution in [-0.4, -0.2) is 17.6 Å². The number of benzene rings is 5. The summed E-state index contributed by atoms with van der Waals surface area (Å²) in [6.07, 6.45) is 0. The predicted octanol–water partition coefficient (Wildman–Crippen LogP) is 8.18. The number of fused-ring (bicyclic) bond motifs is 5. The molecule has 0 spiro atoms. The van der Waals surface area contributed by atoms with Gasteiger partial charge in [-0.05, 0) is 51.6 Å². The van der Waals surface area contributed by atoms with Gasteiger partial charge in [-0.2, -0.15) is 0 Å². The first-order valence-corrected chi connectivity index (χ1v) is 15.5. The standard InChI is InChI=1S/C39H25Cl2NO3/c40-29-22-21-28(23-30(29)41)42-35(43)33-34(36(42)44)39(27-19-11-4-12-20-27)32(25-15-7-2-8-16-25)31(24-13-5-1-6-14-24)38(33,37(39)45)26-17-9-3-10-18-26/h1-23,33-34H/t33-,34-,38+,39+/m1/s1. The molecule has 8 rings (SSSR count). The summed E-state index contributed by atoms with van der Waals surface area (Å²) >= 11 is 12.6. The summed E-state index contributed by atoms with van der Waals surface area (Å²) in [7, 11) is 0. The first kappa shape index (κ1) is 27.8. The number of hydrogen-bond acceptors (Lipinski definition) is 3. The van der Waals surface area contributed by atoms with Gasteiger partial charge < -0.3 is 0 Å². The van der Waals surface area contributed by atoms with E-state index >= 15 is 4.79 Å². The number of hydrogen-bond donors (Lipinski definition) is 0. The van der Waals surface area contributed by atoms with E-state index in [0.29, 0.717) is 21.8 Å². The molecule has 2 fully saturated rings. The van der Waals surface area contributed by atoms with E-state index in [1.807, 2.05) is 121 Å². The highest BCUT2D eigenvalue weighted by molar-refractivity contribution is 6.43. The Kier molecular flexibility index (Phi) is 6.25. The van der Waals surface area contributed by atoms with Crippen LogP contribution in [-0.2, 0) is 25.2 Å². The summed E-state index contributed by atoms with van der Waals surface area (Å²) in [5, 5.41) is 0.547. The van der Waals surface area contributed by atoms with Gasteiger partial charge in [-0.3, -0.25) is 14.4 Å². The second-order valence-corrected chi connectivity index (χ2v) is 12.5. The molecular weight excluding hydrogens is 601 g/mol. The van der Waals surface area contributed by atoms with Crippen LogP contribution < -0.4 is 4.90 Å². The van der Waals surface area contributed by atoms with Gasteiger partial charge in [0.05, 0.1) is 38.4 Å². The minimum atomic E-state index is -1.45. The van der Waals surface area contributed by atoms with Gasteiger partial charge in [-0.15, -0.1) is 0 Å². The fourth-order valence-electron chi connectivity index (χ4n) is 8.21. The number of Topliss-reactive ketones (excluding diaryl/α,β-unsaturated/α-hetero) is 1. The maximum Gasteiger partial charge on any atom is 0.239 e. The molecule has 45 heavy (non-hydrogen) atoms. The van der Waals surface area contributed by atoms with Crippen LogP contribution in [0.2, 0.25) is 10.0 Å². The number of amides is 2. The SMILES string of the molecule is O=C1[C@H]2[C@H](C(=O)N1c1ccc(Cl)c(Cl)c1)[C@@]1(c3ccccc3)C(=O)[C@@]2(c2ccccc2)C(c2ccccc2)=C1c1ccccc1. The van der Waals surface area contributed by atoms with E-state index < -0.39 is 34.5 Å². The van der Waals surface area contributed by atoms with E-state index in [4.69, 9.17) is 23.2 Å². The third-order valence-electron chi connectivity index (χ3n) is 9.74. The number of rotatable bonds is 5. The molecule has 2 bridgehead atoms. The molecule has 0 unspecified atom stereocenters. The van der Waals surface area contributed by atoms with Gasteiger partial charge >= 0.3 is 0 Å². The van der Waals surface area contributed by atoms with Crippen molar-refractivity contribution in [1.29, 1.82) is 0 Å². The smallest absolute Gasteiger partial charge is 0.239 e. The summed E-state index contributed by atoms with van der Waals surface area (Å²) in [5.74, 6) is -3.03. The highest BCUT2D eigenvalue weighted by Gasteiger charge is 2.82. The van der Waals surface area contributed by atoms with Crippen molar-refractivity contribution in [3.63, 3.8) is 0 Å². The number of anilines is 1. The van der Waals surface area contributed by atoms with Crippen molar-refractivity contribution in [2.24, 2.45) is 11.8 Å². The molecule has 4 atom stereocenters. The highest BCUT2D eigenvalue weighted by atomic mass is 35.5. The van der Waals surface area contributed by atoms with Crippen LogP contribution in [0.1, 0.15) is 22.3 Å². The van der Waals surface area contributed by atoms with Crippen LogP contribution in [0.4, 0.5) is 5.69 Å². The predicted molar refractivity (Wildman–Crippen MR) is 177 cm³/mol. The second kappa shape index (κ2) is 10.1. The van der Waals surface area contributed by atoms with Crippen LogP contribution in [0.25, 0.3) is 11.1 Å². The third-order valence-corrected chi connectivity index (χ3v) is 10.5. The Bertz CT molecular complexity index is 1930. The quantitative estimate of drug-likeness (QED) is 0.185. The molecule has 0 radical (unpaired) electrons. The summed E-state index contributed by atoms with van der Waals surface area (Å²) in [4.78, 5) is 47.0. The molecule has 0 N–H and O–H groups in total. The van der Waals surface area contributed by atoms with Gasteiger partial charge in [-0.1, -0.05) is 145 Å². The number of halogens is 2. The first-order chi connectivity index (χ1) is 21.9. The Morgan fingerprint density at radius 2 is 0.889 bits per heavy atom. The Morgan fingerprint density at radius 1 is 0.489 bits per heavy atom. The molecule has 2 aliphatic carbocycles. The fourth-order valence-corrected chi connectivity index (χ4v) is 8.50. The minimum absolute atomic E-state index is 0.157. The number of nitrogens with zero attached hydrogens (tertiary/aromatic N) is 1. The number of ketones is 1. The molecule has 1 saturated heterocycles. The van der Waals surface area contributed by atoms with Crippen LogP contribution in [0, 0.1) is 11.8 Å². The number of allylic oxidation sites excluding steroid dienone is 2. The maximum atomic E-state index is 15.8. The highest BCUT2D eigenvalue weighted by Crippen LogP contribution is 2.74. The van der Waals surface area contributed by atoms with Crippen molar-refractivity contribution >= 4 is 57.6 Å². The molecule has 1 heterocycles. The Labute approximate surface area is 270 Å². The topological polar surface area (TPSA) is 54.5 Å². The molecule has 4 nitrogen and oxygen atoms in total. The lowest BCUT2D eigenvalue weighted by atomic mass is 9.59. The van der Waals surface area contributed by atoms with Crippen LogP contribution in [0.3, 0.4) is 0 Å². The van der Waals surface area contributed by atoms with Crippen molar-refractivity contribution in [3.05, 3.63) is 172 Å². The number of imide groups is 1. The van der Waals surface area contributed by atoms with Crippen molar-refractivity contribution in [2.75, 3.05) is 4.90 Å². The molecule has 1 aliphatic heterocycles. The molecule has 5 aromatic rings. The molecule has 2 amide bonds. The minimum Gasteiger partial charge on any atom is -0.297 e. The Hall–Kier alpha value is -4.77. The molecular formula is C39H25Cl2NO3. The van der Waals surface area contributed by atoms with Gasteiger partial charge in [0.15, 0.2) is 5.78 Å². The van der Waals surface area contributed by atoms with Gasteiger partial charge in [-0.25, -0.2) is 4.90 Å². The zero-order chi connectivity index (χ0) is 30.9. The number of carbonyl (C=O) groups excluding carboxylic acids is 3. The monoisotopic (exact) mass is 625 g/mol. The lowest BCUT2D eigenvalue weighted by Crippen LogP contribution is -2.45. The zero-order valence-corrected chi connectivity index (χ0v) is 25.4. The van der Waals surface area contributed by atoms with Crippen molar-refractivity contribution in [1.82, 2.24) is 0 Å². The lowest BCUT2D eigenvalue weighted by molar-refractivity contribution is -0.130. The lowest BCUT2D eigenvalue weighted by Gasteiger charge is -2.39. The summed E-state index contributed by atoms with van der Waals surface area (Å²) < 4.78 is 0. The molecule has 3 aliphatic rings. The second-order valence-electron chi connectivity index (χ2n) is 11.7. The first-order valence-electron chi connectivity index (χ1n) is 14.8. The van der Waals surface area contributed by atoms with Gasteiger partial charge in [0.1, 0.15) is 0 Å². The van der Waals surface area contributed by atoms with Crippen LogP contribution in [0.5, 0.6) is 0 Å². The average molecular weight is 627 g/mol. The average Bonchev–Trinajstić information content (AvgIpc) is 3.59. The van der Waals surface area contributed by atoms with E-state index in [0.717, 1.165) is 22.3 Å². The van der Waals surface area contributed by atoms with Gasteiger partial charge in [0.2, 0.25) is 11.8 Å². The largest absolute Gasteiger partial charge is 0.297 e. The van der Waals surface area contributed by atoms with Crippen molar-refractivity contribution < 1.29 is 14.4 Å². The van der Waals surface area contributed by atoms with Crippen LogP contribution in [0.15, 0.2) is 140 Å².